The van der Waals surface area contributed by atoms with Crippen LogP contribution in [0.2, 0.25) is 0 Å². The van der Waals surface area contributed by atoms with Crippen LogP contribution < -0.4 is 19.6 Å². The summed E-state index contributed by atoms with van der Waals surface area (Å²) in [6.45, 7) is 13.6. The Labute approximate surface area is 423 Å². The van der Waals surface area contributed by atoms with Gasteiger partial charge in [0.15, 0.2) is 11.5 Å². The number of thiazole rings is 1. The third kappa shape index (κ3) is 14.7. The Morgan fingerprint density at radius 1 is 0.704 bits per heavy atom. The van der Waals surface area contributed by atoms with E-state index in [-0.39, 0.29) is 42.1 Å². The molecule has 0 unspecified atom stereocenters. The van der Waals surface area contributed by atoms with Gasteiger partial charge in [-0.15, -0.1) is 0 Å². The number of esters is 2. The maximum absolute atomic E-state index is 14.0. The minimum atomic E-state index is -1.22. The number of rotatable bonds is 31. The highest BCUT2D eigenvalue weighted by Gasteiger charge is 2.46. The SMILES string of the molecule is CCC1(COCCCCCCOc2ccc(C(=O)OC3(C=N)CCC(/C=N/Nc4nc5ccccc5s4)(OC(=O)c4ccc(OCCCCCCOCC5(CC)COC5)c(OC)c4)CC3)cc2C)COC1. The van der Waals surface area contributed by atoms with E-state index in [0.29, 0.717) is 41.2 Å². The summed E-state index contributed by atoms with van der Waals surface area (Å²) in [7, 11) is 1.54. The molecule has 3 fully saturated rings. The molecule has 2 aliphatic heterocycles. The number of carbonyl (C=O) groups excluding carboxylic acids is 2. The van der Waals surface area contributed by atoms with Crippen molar-refractivity contribution in [2.24, 2.45) is 15.9 Å². The number of hydrogen-bond donors (Lipinski definition) is 2. The fraction of sp³-hybridized carbons (Fsp3) is 0.582. The highest BCUT2D eigenvalue weighted by atomic mass is 32.1. The third-order valence-corrected chi connectivity index (χ3v) is 15.1. The number of nitrogens with zero attached hydrogens (tertiary/aromatic N) is 2. The van der Waals surface area contributed by atoms with E-state index in [1.54, 1.807) is 42.6 Å². The molecule has 3 aromatic carbocycles. The molecule has 3 aliphatic rings. The highest BCUT2D eigenvalue weighted by molar-refractivity contribution is 7.22. The van der Waals surface area contributed by atoms with Crippen LogP contribution in [0.4, 0.5) is 5.13 Å². The smallest absolute Gasteiger partial charge is 0.339 e. The number of nitrogens with one attached hydrogen (secondary N) is 2. The summed E-state index contributed by atoms with van der Waals surface area (Å²) in [6.07, 6.45) is 13.8. The van der Waals surface area contributed by atoms with Crippen molar-refractivity contribution in [3.05, 3.63) is 77.4 Å². The molecule has 1 aliphatic carbocycles. The maximum atomic E-state index is 14.0. The Bertz CT molecular complexity index is 2330. The van der Waals surface area contributed by atoms with Crippen LogP contribution in [0.3, 0.4) is 0 Å². The fourth-order valence-electron chi connectivity index (χ4n) is 8.92. The molecule has 0 atom stereocenters. The Morgan fingerprint density at radius 2 is 1.24 bits per heavy atom. The standard InChI is InChI=1S/C55H74N4O11S/c1-5-52(37-65-38-52)35-63-27-13-7-9-15-29-67-45-21-19-42(31-41(45)3)49(60)69-54(33-56)23-25-55(26-24-54,34-57-59-51-58-44-17-11-12-18-48(44)71-51)70-50(61)43-20-22-46(47(32-43)62-4)68-30-16-10-8-14-28-64-36-53(6-2)39-66-40-53/h11-12,17-22,31-34,56H,5-10,13-16,23-30,35-40H2,1-4H3,(H,58,59)/b56-33?,57-34+. The molecule has 2 N–H and O–H groups in total. The first-order chi connectivity index (χ1) is 34.5. The van der Waals surface area contributed by atoms with E-state index in [2.05, 4.69) is 29.4 Å². The Morgan fingerprint density at radius 3 is 1.77 bits per heavy atom. The summed E-state index contributed by atoms with van der Waals surface area (Å²) < 4.78 is 54.0. The number of aryl methyl sites for hydroxylation is 1. The molecule has 386 valence electrons. The highest BCUT2D eigenvalue weighted by Crippen LogP contribution is 2.40. The van der Waals surface area contributed by atoms with E-state index >= 15 is 0 Å². The van der Waals surface area contributed by atoms with Gasteiger partial charge in [0.2, 0.25) is 5.13 Å². The monoisotopic (exact) mass is 999 g/mol. The lowest BCUT2D eigenvalue weighted by Gasteiger charge is -2.41. The van der Waals surface area contributed by atoms with E-state index in [0.717, 1.165) is 133 Å². The van der Waals surface area contributed by atoms with Crippen LogP contribution in [0.5, 0.6) is 17.2 Å². The molecular weight excluding hydrogens is 925 g/mol. The molecule has 0 spiro atoms. The van der Waals surface area contributed by atoms with Crippen LogP contribution in [0, 0.1) is 23.2 Å². The van der Waals surface area contributed by atoms with Gasteiger partial charge in [-0.1, -0.05) is 50.2 Å². The second kappa shape index (κ2) is 26.0. The zero-order valence-electron chi connectivity index (χ0n) is 42.2. The van der Waals surface area contributed by atoms with Crippen LogP contribution in [0.1, 0.15) is 130 Å². The van der Waals surface area contributed by atoms with Gasteiger partial charge < -0.3 is 48.0 Å². The predicted octanol–water partition coefficient (Wildman–Crippen LogP) is 11.2. The number of methoxy groups -OCH3 is 1. The molecule has 0 amide bonds. The number of carbonyl (C=O) groups is 2. The van der Waals surface area contributed by atoms with Gasteiger partial charge in [-0.25, -0.2) is 14.6 Å². The van der Waals surface area contributed by atoms with Gasteiger partial charge in [0, 0.05) is 30.3 Å². The second-order valence-corrected chi connectivity index (χ2v) is 20.6. The molecule has 3 heterocycles. The average Bonchev–Trinajstić information content (AvgIpc) is 3.78. The van der Waals surface area contributed by atoms with Gasteiger partial charge in [0.1, 0.15) is 17.0 Å². The number of fused-ring (bicyclic) bond motifs is 1. The molecule has 16 heteroatoms. The first-order valence-electron chi connectivity index (χ1n) is 25.5. The number of ether oxygens (including phenoxy) is 9. The molecule has 15 nitrogen and oxygen atoms in total. The van der Waals surface area contributed by atoms with Crippen LogP contribution in [0.25, 0.3) is 10.2 Å². The lowest BCUT2D eigenvalue weighted by molar-refractivity contribution is -0.150. The van der Waals surface area contributed by atoms with Crippen LogP contribution in [0.15, 0.2) is 65.8 Å². The van der Waals surface area contributed by atoms with Gasteiger partial charge in [0.25, 0.3) is 0 Å². The summed E-state index contributed by atoms with van der Waals surface area (Å²) in [5.74, 6) is 0.535. The summed E-state index contributed by atoms with van der Waals surface area (Å²) >= 11 is 1.46. The number of anilines is 1. The van der Waals surface area contributed by atoms with Crippen molar-refractivity contribution >= 4 is 51.1 Å². The number of para-hydroxylation sites is 1. The fourth-order valence-corrected chi connectivity index (χ4v) is 9.73. The first-order valence-corrected chi connectivity index (χ1v) is 26.4. The average molecular weight is 999 g/mol. The summed E-state index contributed by atoms with van der Waals surface area (Å²) in [5.41, 5.74) is 3.32. The molecule has 1 aromatic heterocycles. The van der Waals surface area contributed by atoms with Crippen molar-refractivity contribution in [2.75, 3.05) is 78.6 Å². The Balaban J connectivity index is 0.903. The van der Waals surface area contributed by atoms with Crippen molar-refractivity contribution in [1.29, 1.82) is 5.41 Å². The minimum Gasteiger partial charge on any atom is -0.493 e. The zero-order chi connectivity index (χ0) is 50.0. The quantitative estimate of drug-likeness (QED) is 0.0211. The van der Waals surface area contributed by atoms with Gasteiger partial charge in [-0.2, -0.15) is 5.10 Å². The van der Waals surface area contributed by atoms with Gasteiger partial charge in [-0.3, -0.25) is 5.43 Å². The number of benzene rings is 3. The molecule has 1 saturated carbocycles. The summed E-state index contributed by atoms with van der Waals surface area (Å²) in [5, 5.41) is 13.6. The van der Waals surface area contributed by atoms with Crippen molar-refractivity contribution in [3.8, 4) is 17.2 Å². The Kier molecular flexibility index (Phi) is 19.7. The molecule has 71 heavy (non-hydrogen) atoms. The van der Waals surface area contributed by atoms with Crippen molar-refractivity contribution in [2.45, 2.75) is 122 Å². The second-order valence-electron chi connectivity index (χ2n) is 19.6. The van der Waals surface area contributed by atoms with E-state index in [9.17, 15) is 9.59 Å². The van der Waals surface area contributed by atoms with Crippen LogP contribution in [-0.2, 0) is 28.4 Å². The molecule has 2 saturated heterocycles. The van der Waals surface area contributed by atoms with E-state index in [4.69, 9.17) is 48.0 Å². The van der Waals surface area contributed by atoms with Gasteiger partial charge >= 0.3 is 11.9 Å². The zero-order valence-corrected chi connectivity index (χ0v) is 43.0. The number of hydrazone groups is 1. The summed E-state index contributed by atoms with van der Waals surface area (Å²) in [4.78, 5) is 32.3. The molecular formula is C55H74N4O11S. The largest absolute Gasteiger partial charge is 0.493 e. The normalized spacial score (nSPS) is 20.2. The van der Waals surface area contributed by atoms with Crippen molar-refractivity contribution in [1.82, 2.24) is 4.98 Å². The minimum absolute atomic E-state index is 0.208. The van der Waals surface area contributed by atoms with E-state index in [1.807, 2.05) is 31.2 Å². The lowest BCUT2D eigenvalue weighted by Crippen LogP contribution is -2.49. The summed E-state index contributed by atoms with van der Waals surface area (Å²) in [6, 6.07) is 18.1. The first kappa shape index (κ1) is 53.7. The van der Waals surface area contributed by atoms with Crippen molar-refractivity contribution < 1.29 is 52.2 Å². The number of aromatic nitrogens is 1. The van der Waals surface area contributed by atoms with Crippen molar-refractivity contribution in [3.63, 3.8) is 0 Å². The molecule has 0 radical (unpaired) electrons. The topological polar surface area (TPSA) is 178 Å². The maximum Gasteiger partial charge on any atom is 0.339 e. The van der Waals surface area contributed by atoms with Gasteiger partial charge in [-0.05, 0) is 138 Å². The van der Waals surface area contributed by atoms with Gasteiger partial charge in [0.05, 0.1) is 87.5 Å². The Hall–Kier alpha value is -5.13. The van der Waals surface area contributed by atoms with Crippen LogP contribution in [-0.4, -0.2) is 114 Å². The molecule has 7 rings (SSSR count). The van der Waals surface area contributed by atoms with E-state index in [1.165, 1.54) is 24.7 Å². The van der Waals surface area contributed by atoms with Crippen LogP contribution >= 0.6 is 11.3 Å². The number of unbranched alkanes of at least 4 members (excludes halogenated alkanes) is 6. The number of hydrogen-bond acceptors (Lipinski definition) is 16. The van der Waals surface area contributed by atoms with E-state index < -0.39 is 23.1 Å². The molecule has 0 bridgehead atoms. The third-order valence-electron chi connectivity index (χ3n) is 14.2. The lowest BCUT2D eigenvalue weighted by atomic mass is 9.76. The predicted molar refractivity (Wildman–Crippen MR) is 276 cm³/mol. The molecule has 4 aromatic rings.